The Balaban J connectivity index is 1.52. The fraction of sp³-hybridized carbons (Fsp3) is 0.231. The second-order valence-corrected chi connectivity index (χ2v) is 9.41. The molecule has 1 N–H and O–H groups in total. The molecule has 1 atom stereocenters. The largest absolute Gasteiger partial charge is 0.381 e. The van der Waals surface area contributed by atoms with Gasteiger partial charge in [0.05, 0.1) is 11.6 Å². The average molecular weight is 445 g/mol. The Hall–Kier alpha value is -3.27. The summed E-state index contributed by atoms with van der Waals surface area (Å²) >= 11 is 0. The van der Waals surface area contributed by atoms with E-state index in [2.05, 4.69) is 11.4 Å². The molecule has 6 heteroatoms. The Morgan fingerprint density at radius 2 is 1.72 bits per heavy atom. The predicted octanol–water partition coefficient (Wildman–Crippen LogP) is 4.91. The van der Waals surface area contributed by atoms with Crippen LogP contribution >= 0.6 is 0 Å². The van der Waals surface area contributed by atoms with E-state index >= 15 is 0 Å². The molecule has 1 fully saturated rings. The summed E-state index contributed by atoms with van der Waals surface area (Å²) in [6, 6.07) is 24.2. The quantitative estimate of drug-likeness (QED) is 0.586. The highest BCUT2D eigenvalue weighted by Crippen LogP contribution is 2.28. The van der Waals surface area contributed by atoms with E-state index in [1.54, 1.807) is 24.3 Å². The number of nitrogens with zero attached hydrogens (tertiary/aromatic N) is 1. The van der Waals surface area contributed by atoms with Gasteiger partial charge in [-0.2, -0.15) is 5.26 Å². The van der Waals surface area contributed by atoms with Crippen LogP contribution in [-0.4, -0.2) is 28.6 Å². The molecule has 32 heavy (non-hydrogen) atoms. The number of nitrogens with one attached hydrogen (secondary N) is 1. The monoisotopic (exact) mass is 444 g/mol. The highest BCUT2D eigenvalue weighted by Gasteiger charge is 2.20. The topological polar surface area (TPSA) is 79.2 Å². The molecule has 1 heterocycles. The molecule has 0 radical (unpaired) electrons. The lowest BCUT2D eigenvalue weighted by Crippen LogP contribution is -2.25. The van der Waals surface area contributed by atoms with Crippen molar-refractivity contribution in [1.29, 1.82) is 5.26 Å². The van der Waals surface area contributed by atoms with E-state index in [0.717, 1.165) is 24.0 Å². The van der Waals surface area contributed by atoms with Crippen LogP contribution in [-0.2, 0) is 21.3 Å². The van der Waals surface area contributed by atoms with Crippen molar-refractivity contribution < 1.29 is 13.7 Å². The van der Waals surface area contributed by atoms with Gasteiger partial charge in [-0.05, 0) is 48.2 Å². The third-order valence-electron chi connectivity index (χ3n) is 5.54. The van der Waals surface area contributed by atoms with Crippen molar-refractivity contribution in [2.75, 3.05) is 18.5 Å². The molecule has 0 bridgehead atoms. The summed E-state index contributed by atoms with van der Waals surface area (Å²) in [7, 11) is -0.970. The smallest absolute Gasteiger partial charge is 0.256 e. The van der Waals surface area contributed by atoms with Gasteiger partial charge in [0.2, 0.25) is 0 Å². The van der Waals surface area contributed by atoms with Gasteiger partial charge >= 0.3 is 0 Å². The molecule has 3 aromatic carbocycles. The van der Waals surface area contributed by atoms with Crippen molar-refractivity contribution in [2.45, 2.75) is 23.8 Å². The molecule has 0 aliphatic carbocycles. The van der Waals surface area contributed by atoms with Crippen LogP contribution in [0, 0.1) is 11.3 Å². The van der Waals surface area contributed by atoms with E-state index in [9.17, 15) is 14.3 Å². The highest BCUT2D eigenvalue weighted by molar-refractivity contribution is 7.84. The molecule has 1 aliphatic heterocycles. The first kappa shape index (κ1) is 21.9. The van der Waals surface area contributed by atoms with Crippen LogP contribution in [0.15, 0.2) is 72.8 Å². The lowest BCUT2D eigenvalue weighted by atomic mass is 9.95. The van der Waals surface area contributed by atoms with Crippen LogP contribution in [0.2, 0.25) is 0 Å². The summed E-state index contributed by atoms with van der Waals surface area (Å²) in [5.41, 5.74) is 4.02. The number of amides is 1. The van der Waals surface area contributed by atoms with Gasteiger partial charge in [-0.1, -0.05) is 48.5 Å². The third kappa shape index (κ3) is 5.13. The molecule has 3 aromatic rings. The van der Waals surface area contributed by atoms with Crippen LogP contribution in [0.1, 0.15) is 34.3 Å². The zero-order valence-electron chi connectivity index (χ0n) is 17.6. The number of rotatable bonds is 6. The number of nitriles is 1. The SMILES string of the molecule is N#Cc1ccccc1-c1ccccc1C(=O)Nc1cccc(CS(=O)C2CCOCC2)c1. The molecule has 5 nitrogen and oxygen atoms in total. The first-order valence-corrected chi connectivity index (χ1v) is 12.0. The number of benzene rings is 3. The number of hydrogen-bond donors (Lipinski definition) is 1. The van der Waals surface area contributed by atoms with E-state index in [0.29, 0.717) is 41.3 Å². The third-order valence-corrected chi connectivity index (χ3v) is 7.38. The summed E-state index contributed by atoms with van der Waals surface area (Å²) in [5, 5.41) is 12.6. The minimum Gasteiger partial charge on any atom is -0.381 e. The molecule has 1 aliphatic rings. The molecule has 0 spiro atoms. The number of ether oxygens (including phenoxy) is 1. The van der Waals surface area contributed by atoms with Gasteiger partial charge < -0.3 is 10.1 Å². The fourth-order valence-electron chi connectivity index (χ4n) is 3.89. The minimum atomic E-state index is -0.970. The van der Waals surface area contributed by atoms with Crippen LogP contribution in [0.3, 0.4) is 0 Å². The molecular weight excluding hydrogens is 420 g/mol. The zero-order chi connectivity index (χ0) is 22.3. The Bertz CT molecular complexity index is 1180. The van der Waals surface area contributed by atoms with E-state index < -0.39 is 10.8 Å². The molecule has 1 unspecified atom stereocenters. The van der Waals surface area contributed by atoms with Gasteiger partial charge in [0.1, 0.15) is 0 Å². The van der Waals surface area contributed by atoms with E-state index in [4.69, 9.17) is 4.74 Å². The second-order valence-electron chi connectivity index (χ2n) is 7.69. The minimum absolute atomic E-state index is 0.161. The summed E-state index contributed by atoms with van der Waals surface area (Å²) < 4.78 is 18.1. The first-order chi connectivity index (χ1) is 15.7. The highest BCUT2D eigenvalue weighted by atomic mass is 32.2. The van der Waals surface area contributed by atoms with Gasteiger partial charge in [-0.25, -0.2) is 0 Å². The maximum Gasteiger partial charge on any atom is 0.256 e. The van der Waals surface area contributed by atoms with Crippen molar-refractivity contribution >= 4 is 22.4 Å². The number of anilines is 1. The van der Waals surface area contributed by atoms with Gasteiger partial charge in [0, 0.05) is 51.8 Å². The first-order valence-electron chi connectivity index (χ1n) is 10.6. The van der Waals surface area contributed by atoms with Crippen LogP contribution in [0.5, 0.6) is 0 Å². The summed E-state index contributed by atoms with van der Waals surface area (Å²) in [6.45, 7) is 1.34. The molecule has 0 aromatic heterocycles. The van der Waals surface area contributed by atoms with Crippen molar-refractivity contribution in [3.05, 3.63) is 89.5 Å². The van der Waals surface area contributed by atoms with Gasteiger partial charge in [-0.3, -0.25) is 9.00 Å². The van der Waals surface area contributed by atoms with Crippen molar-refractivity contribution in [3.8, 4) is 17.2 Å². The average Bonchev–Trinajstić information content (AvgIpc) is 2.84. The Morgan fingerprint density at radius 3 is 2.50 bits per heavy atom. The van der Waals surface area contributed by atoms with Crippen molar-refractivity contribution in [2.24, 2.45) is 0 Å². The zero-order valence-corrected chi connectivity index (χ0v) is 18.4. The van der Waals surface area contributed by atoms with E-state index in [1.807, 2.05) is 48.5 Å². The molecule has 1 saturated heterocycles. The predicted molar refractivity (Wildman–Crippen MR) is 127 cm³/mol. The van der Waals surface area contributed by atoms with Crippen LogP contribution in [0.4, 0.5) is 5.69 Å². The van der Waals surface area contributed by atoms with Crippen molar-refractivity contribution in [3.63, 3.8) is 0 Å². The molecule has 4 rings (SSSR count). The standard InChI is InChI=1S/C26H24N2O3S/c27-17-20-7-1-2-9-23(20)24-10-3-4-11-25(24)26(29)28-21-8-5-6-19(16-21)18-32(30)22-12-14-31-15-13-22/h1-11,16,22H,12-15,18H2,(H,28,29). The summed E-state index contributed by atoms with van der Waals surface area (Å²) in [4.78, 5) is 13.1. The molecular formula is C26H24N2O3S. The maximum atomic E-state index is 13.1. The van der Waals surface area contributed by atoms with Gasteiger partial charge in [-0.15, -0.1) is 0 Å². The fourth-order valence-corrected chi connectivity index (χ4v) is 5.35. The lowest BCUT2D eigenvalue weighted by molar-refractivity contribution is 0.0991. The van der Waals surface area contributed by atoms with Crippen LogP contribution < -0.4 is 5.32 Å². The summed E-state index contributed by atoms with van der Waals surface area (Å²) in [6.07, 6.45) is 1.65. The number of hydrogen-bond acceptors (Lipinski definition) is 4. The molecule has 1 amide bonds. The Labute approximate surface area is 190 Å². The number of carbonyl (C=O) groups is 1. The van der Waals surface area contributed by atoms with E-state index in [1.165, 1.54) is 0 Å². The summed E-state index contributed by atoms with van der Waals surface area (Å²) in [5.74, 6) is 0.205. The Morgan fingerprint density at radius 1 is 1.00 bits per heavy atom. The lowest BCUT2D eigenvalue weighted by Gasteiger charge is -2.21. The maximum absolute atomic E-state index is 13.1. The van der Waals surface area contributed by atoms with Crippen LogP contribution in [0.25, 0.3) is 11.1 Å². The molecule has 0 saturated carbocycles. The van der Waals surface area contributed by atoms with E-state index in [-0.39, 0.29) is 11.2 Å². The normalized spacial score (nSPS) is 15.0. The van der Waals surface area contributed by atoms with Gasteiger partial charge in [0.15, 0.2) is 0 Å². The molecule has 162 valence electrons. The number of carbonyl (C=O) groups excluding carboxylic acids is 1. The van der Waals surface area contributed by atoms with Gasteiger partial charge in [0.25, 0.3) is 5.91 Å². The van der Waals surface area contributed by atoms with Crippen molar-refractivity contribution in [1.82, 2.24) is 0 Å². The Kier molecular flexibility index (Phi) is 7.10. The second kappa shape index (κ2) is 10.4.